The van der Waals surface area contributed by atoms with Crippen molar-refractivity contribution in [2.45, 2.75) is 72.2 Å². The van der Waals surface area contributed by atoms with E-state index < -0.39 is 35.0 Å². The molecule has 41 heavy (non-hydrogen) atoms. The van der Waals surface area contributed by atoms with Gasteiger partial charge in [0.25, 0.3) is 11.4 Å². The molecule has 4 rings (SSSR count). The number of halogens is 2. The number of carbonyl (C=O) groups is 1. The van der Waals surface area contributed by atoms with Gasteiger partial charge in [0, 0.05) is 29.0 Å². The van der Waals surface area contributed by atoms with Gasteiger partial charge in [0.05, 0.1) is 23.4 Å². The van der Waals surface area contributed by atoms with Crippen LogP contribution >= 0.6 is 0 Å². The fourth-order valence-corrected chi connectivity index (χ4v) is 4.60. The molecule has 1 aromatic carbocycles. The summed E-state index contributed by atoms with van der Waals surface area (Å²) >= 11 is 0. The van der Waals surface area contributed by atoms with Crippen LogP contribution in [0.1, 0.15) is 65.1 Å². The Morgan fingerprint density at radius 2 is 1.63 bits per heavy atom. The Labute approximate surface area is 236 Å². The molecule has 1 amide bonds. The van der Waals surface area contributed by atoms with E-state index in [1.807, 2.05) is 71.9 Å². The van der Waals surface area contributed by atoms with Crippen LogP contribution in [-0.2, 0) is 17.9 Å². The van der Waals surface area contributed by atoms with Crippen molar-refractivity contribution >= 4 is 6.09 Å². The molecular weight excluding hydrogens is 534 g/mol. The molecule has 0 spiro atoms. The van der Waals surface area contributed by atoms with Crippen molar-refractivity contribution in [3.63, 3.8) is 0 Å². The summed E-state index contributed by atoms with van der Waals surface area (Å²) in [5.41, 5.74) is 0.337. The van der Waals surface area contributed by atoms with Crippen molar-refractivity contribution in [2.75, 3.05) is 0 Å². The van der Waals surface area contributed by atoms with E-state index in [-0.39, 0.29) is 24.6 Å². The van der Waals surface area contributed by atoms with Crippen molar-refractivity contribution in [1.29, 1.82) is 0 Å². The summed E-state index contributed by atoms with van der Waals surface area (Å²) in [5, 5.41) is 6.96. The molecule has 0 unspecified atom stereocenters. The number of hydrogen-bond donors (Lipinski definition) is 0. The van der Waals surface area contributed by atoms with Gasteiger partial charge < -0.3 is 9.15 Å². The zero-order valence-corrected chi connectivity index (χ0v) is 23.8. The van der Waals surface area contributed by atoms with Crippen LogP contribution in [0.3, 0.4) is 0 Å². The number of benzene rings is 1. The van der Waals surface area contributed by atoms with Crippen LogP contribution in [0.5, 0.6) is 0 Å². The minimum Gasteiger partial charge on any atom is -0.444 e. The maximum Gasteiger partial charge on any atom is 0.410 e. The van der Waals surface area contributed by atoms with Crippen molar-refractivity contribution in [2.24, 2.45) is 0 Å². The molecule has 0 bridgehead atoms. The maximum absolute atomic E-state index is 13.7. The number of pyridine rings is 1. The number of ether oxygens (including phenoxy) is 1. The lowest BCUT2D eigenvalue weighted by molar-refractivity contribution is 0.0168. The van der Waals surface area contributed by atoms with Crippen molar-refractivity contribution in [1.82, 2.24) is 29.6 Å². The fraction of sp³-hybridized carbons (Fsp3) is 0.379. The van der Waals surface area contributed by atoms with Crippen LogP contribution in [0, 0.1) is 0 Å². The summed E-state index contributed by atoms with van der Waals surface area (Å²) < 4.78 is 37.7. The van der Waals surface area contributed by atoms with Crippen molar-refractivity contribution in [3.05, 3.63) is 82.4 Å². The molecule has 3 aromatic heterocycles. The molecule has 0 fully saturated rings. The Morgan fingerprint density at radius 1 is 0.951 bits per heavy atom. The molecule has 12 heteroatoms. The molecule has 3 heterocycles. The number of rotatable bonds is 7. The van der Waals surface area contributed by atoms with Gasteiger partial charge in [-0.3, -0.25) is 19.2 Å². The predicted molar refractivity (Wildman–Crippen MR) is 147 cm³/mol. The van der Waals surface area contributed by atoms with E-state index in [4.69, 9.17) is 9.15 Å². The smallest absolute Gasteiger partial charge is 0.410 e. The zero-order chi connectivity index (χ0) is 29.9. The zero-order valence-electron chi connectivity index (χ0n) is 23.8. The van der Waals surface area contributed by atoms with Gasteiger partial charge in [-0.25, -0.2) is 9.78 Å². The third kappa shape index (κ3) is 6.82. The minimum atomic E-state index is -2.88. The standard InChI is InChI=1S/C29H32F2N6O4/c1-28(2,3)37(29(4,5)6)27(39)40-17-20-15-33-23(18-10-8-7-9-11-18)36(26(20)38)16-21-13-12-19(14-32-21)24-34-35-25(41-24)22(30)31/h7-15,22H,16-17H2,1-6H3. The Kier molecular flexibility index (Phi) is 8.32. The molecule has 0 aliphatic heterocycles. The van der Waals surface area contributed by atoms with Crippen LogP contribution in [0.4, 0.5) is 13.6 Å². The summed E-state index contributed by atoms with van der Waals surface area (Å²) in [4.78, 5) is 37.3. The number of alkyl halides is 2. The first kappa shape index (κ1) is 29.5. The Morgan fingerprint density at radius 3 is 2.20 bits per heavy atom. The molecule has 0 aliphatic carbocycles. The molecule has 4 aromatic rings. The molecule has 10 nitrogen and oxygen atoms in total. The van der Waals surface area contributed by atoms with Gasteiger partial charge in [0.1, 0.15) is 12.4 Å². The van der Waals surface area contributed by atoms with Crippen LogP contribution in [0.2, 0.25) is 0 Å². The average molecular weight is 567 g/mol. The molecule has 0 saturated heterocycles. The number of aromatic nitrogens is 5. The minimum absolute atomic E-state index is 0.0420. The summed E-state index contributed by atoms with van der Waals surface area (Å²) in [7, 11) is 0. The van der Waals surface area contributed by atoms with Gasteiger partial charge in [0.15, 0.2) is 0 Å². The van der Waals surface area contributed by atoms with E-state index in [0.717, 1.165) is 0 Å². The summed E-state index contributed by atoms with van der Waals surface area (Å²) in [5.74, 6) is -0.465. The van der Waals surface area contributed by atoms with Crippen LogP contribution in [0.15, 0.2) is 64.1 Å². The highest BCUT2D eigenvalue weighted by molar-refractivity contribution is 5.69. The Balaban J connectivity index is 1.64. The van der Waals surface area contributed by atoms with Crippen molar-refractivity contribution < 1.29 is 22.7 Å². The van der Waals surface area contributed by atoms with Gasteiger partial charge in [-0.15, -0.1) is 10.2 Å². The molecule has 0 N–H and O–H groups in total. The first-order valence-corrected chi connectivity index (χ1v) is 12.9. The highest BCUT2D eigenvalue weighted by Gasteiger charge is 2.37. The van der Waals surface area contributed by atoms with Crippen molar-refractivity contribution in [3.8, 4) is 22.8 Å². The van der Waals surface area contributed by atoms with Gasteiger partial charge in [-0.05, 0) is 53.7 Å². The molecule has 216 valence electrons. The van der Waals surface area contributed by atoms with Crippen LogP contribution in [-0.4, -0.2) is 46.8 Å². The van der Waals surface area contributed by atoms with E-state index in [9.17, 15) is 18.4 Å². The Hall–Kier alpha value is -4.48. The van der Waals surface area contributed by atoms with Gasteiger partial charge in [-0.1, -0.05) is 30.3 Å². The number of carbonyl (C=O) groups excluding carboxylic acids is 1. The molecule has 0 atom stereocenters. The average Bonchev–Trinajstić information content (AvgIpc) is 3.39. The second kappa shape index (κ2) is 11.6. The normalized spacial score (nSPS) is 12.0. The Bertz CT molecular complexity index is 1540. The molecular formula is C29H32F2N6O4. The lowest BCUT2D eigenvalue weighted by atomic mass is 9.97. The van der Waals surface area contributed by atoms with Crippen LogP contribution < -0.4 is 5.56 Å². The molecule has 0 saturated carbocycles. The quantitative estimate of drug-likeness (QED) is 0.272. The lowest BCUT2D eigenvalue weighted by Gasteiger charge is -2.44. The fourth-order valence-electron chi connectivity index (χ4n) is 4.60. The number of nitrogens with zero attached hydrogens (tertiary/aromatic N) is 6. The third-order valence-corrected chi connectivity index (χ3v) is 6.04. The monoisotopic (exact) mass is 566 g/mol. The largest absolute Gasteiger partial charge is 0.444 e. The first-order valence-electron chi connectivity index (χ1n) is 12.9. The SMILES string of the molecule is CC(C)(C)N(C(=O)OCc1cnc(-c2ccccc2)n(Cc2ccc(-c3nnc(C(F)F)o3)cn2)c1=O)C(C)(C)C. The second-order valence-corrected chi connectivity index (χ2v) is 11.4. The van der Waals surface area contributed by atoms with E-state index in [1.165, 1.54) is 17.0 Å². The van der Waals surface area contributed by atoms with Gasteiger partial charge >= 0.3 is 12.5 Å². The first-order chi connectivity index (χ1) is 19.3. The van der Waals surface area contributed by atoms with Gasteiger partial charge in [0.2, 0.25) is 5.89 Å². The summed E-state index contributed by atoms with van der Waals surface area (Å²) in [6, 6.07) is 12.4. The second-order valence-electron chi connectivity index (χ2n) is 11.4. The number of amides is 1. The van der Waals surface area contributed by atoms with E-state index in [2.05, 4.69) is 20.2 Å². The maximum atomic E-state index is 13.7. The summed E-state index contributed by atoms with van der Waals surface area (Å²) in [6.45, 7) is 11.3. The van der Waals surface area contributed by atoms with Gasteiger partial charge in [-0.2, -0.15) is 8.78 Å². The number of hydrogen-bond acceptors (Lipinski definition) is 8. The van der Waals surface area contributed by atoms with E-state index >= 15 is 0 Å². The third-order valence-electron chi connectivity index (χ3n) is 6.04. The summed E-state index contributed by atoms with van der Waals surface area (Å²) in [6.07, 6.45) is -0.607. The molecule has 0 radical (unpaired) electrons. The molecule has 0 aliphatic rings. The highest BCUT2D eigenvalue weighted by Crippen LogP contribution is 2.26. The highest BCUT2D eigenvalue weighted by atomic mass is 19.3. The predicted octanol–water partition coefficient (Wildman–Crippen LogP) is 5.88. The van der Waals surface area contributed by atoms with E-state index in [0.29, 0.717) is 22.6 Å². The van der Waals surface area contributed by atoms with Crippen LogP contribution in [0.25, 0.3) is 22.8 Å². The van der Waals surface area contributed by atoms with E-state index in [1.54, 1.807) is 17.0 Å². The topological polar surface area (TPSA) is 116 Å². The lowest BCUT2D eigenvalue weighted by Crippen LogP contribution is -2.55.